The quantitative estimate of drug-likeness (QED) is 0.823. The third kappa shape index (κ3) is 3.01. The van der Waals surface area contributed by atoms with Gasteiger partial charge in [-0.1, -0.05) is 0 Å². The molecule has 17 heavy (non-hydrogen) atoms. The summed E-state index contributed by atoms with van der Waals surface area (Å²) >= 11 is 0. The lowest BCUT2D eigenvalue weighted by Crippen LogP contribution is -2.38. The number of likely N-dealkylation sites (tertiary alicyclic amines) is 1. The van der Waals surface area contributed by atoms with Crippen molar-refractivity contribution in [2.45, 2.75) is 64.5 Å². The SMILES string of the molecule is CC1CCC(C)N1CC1CCC(C(=O)O)CC1. The summed E-state index contributed by atoms with van der Waals surface area (Å²) in [6, 6.07) is 1.45. The molecule has 1 saturated carbocycles. The van der Waals surface area contributed by atoms with E-state index < -0.39 is 5.97 Å². The molecule has 3 nitrogen and oxygen atoms in total. The van der Waals surface area contributed by atoms with E-state index in [0.717, 1.165) is 43.7 Å². The third-order valence-electron chi connectivity index (χ3n) is 4.80. The van der Waals surface area contributed by atoms with Gasteiger partial charge in [-0.2, -0.15) is 0 Å². The van der Waals surface area contributed by atoms with E-state index in [1.54, 1.807) is 0 Å². The predicted molar refractivity (Wildman–Crippen MR) is 67.9 cm³/mol. The first-order chi connectivity index (χ1) is 8.08. The van der Waals surface area contributed by atoms with E-state index in [-0.39, 0.29) is 5.92 Å². The Labute approximate surface area is 104 Å². The van der Waals surface area contributed by atoms with Crippen LogP contribution in [0.4, 0.5) is 0 Å². The minimum absolute atomic E-state index is 0.0697. The Morgan fingerprint density at radius 3 is 2.06 bits per heavy atom. The van der Waals surface area contributed by atoms with Crippen molar-refractivity contribution in [2.75, 3.05) is 6.54 Å². The number of aliphatic carboxylic acids is 1. The van der Waals surface area contributed by atoms with E-state index in [1.165, 1.54) is 19.4 Å². The summed E-state index contributed by atoms with van der Waals surface area (Å²) in [6.07, 6.45) is 6.63. The second kappa shape index (κ2) is 5.38. The average molecular weight is 239 g/mol. The molecule has 0 aromatic rings. The highest BCUT2D eigenvalue weighted by Crippen LogP contribution is 2.32. The van der Waals surface area contributed by atoms with E-state index in [2.05, 4.69) is 18.7 Å². The van der Waals surface area contributed by atoms with Crippen LogP contribution < -0.4 is 0 Å². The molecule has 0 radical (unpaired) electrons. The lowest BCUT2D eigenvalue weighted by molar-refractivity contribution is -0.143. The topological polar surface area (TPSA) is 40.5 Å². The first-order valence-corrected chi connectivity index (χ1v) is 7.06. The Morgan fingerprint density at radius 2 is 1.59 bits per heavy atom. The van der Waals surface area contributed by atoms with Gasteiger partial charge in [0.1, 0.15) is 0 Å². The second-order valence-corrected chi connectivity index (χ2v) is 6.03. The number of nitrogens with zero attached hydrogens (tertiary/aromatic N) is 1. The van der Waals surface area contributed by atoms with Crippen molar-refractivity contribution in [3.8, 4) is 0 Å². The fourth-order valence-electron chi connectivity index (χ4n) is 3.50. The molecule has 1 heterocycles. The molecule has 3 heteroatoms. The van der Waals surface area contributed by atoms with Crippen LogP contribution in [0.1, 0.15) is 52.4 Å². The van der Waals surface area contributed by atoms with Crippen LogP contribution in [0.2, 0.25) is 0 Å². The Balaban J connectivity index is 1.80. The van der Waals surface area contributed by atoms with Crippen molar-refractivity contribution < 1.29 is 9.90 Å². The molecule has 1 N–H and O–H groups in total. The number of carbonyl (C=O) groups is 1. The molecular weight excluding hydrogens is 214 g/mol. The van der Waals surface area contributed by atoms with E-state index in [4.69, 9.17) is 5.11 Å². The molecule has 2 aliphatic rings. The highest BCUT2D eigenvalue weighted by Gasteiger charge is 2.32. The highest BCUT2D eigenvalue weighted by atomic mass is 16.4. The fraction of sp³-hybridized carbons (Fsp3) is 0.929. The fourth-order valence-corrected chi connectivity index (χ4v) is 3.50. The smallest absolute Gasteiger partial charge is 0.306 e. The van der Waals surface area contributed by atoms with Crippen LogP contribution in [0.5, 0.6) is 0 Å². The van der Waals surface area contributed by atoms with Crippen molar-refractivity contribution in [3.63, 3.8) is 0 Å². The Hall–Kier alpha value is -0.570. The van der Waals surface area contributed by atoms with E-state index >= 15 is 0 Å². The molecule has 0 aromatic heterocycles. The molecule has 0 aromatic carbocycles. The molecule has 0 bridgehead atoms. The molecule has 1 saturated heterocycles. The Bertz CT molecular complexity index is 261. The summed E-state index contributed by atoms with van der Waals surface area (Å²) in [5.41, 5.74) is 0. The zero-order chi connectivity index (χ0) is 12.4. The molecule has 0 spiro atoms. The van der Waals surface area contributed by atoms with Crippen LogP contribution in [0.3, 0.4) is 0 Å². The number of carboxylic acid groups (broad SMARTS) is 1. The maximum Gasteiger partial charge on any atom is 0.306 e. The van der Waals surface area contributed by atoms with Crippen LogP contribution in [0.25, 0.3) is 0 Å². The molecule has 2 atom stereocenters. The number of hydrogen-bond acceptors (Lipinski definition) is 2. The zero-order valence-electron chi connectivity index (χ0n) is 11.1. The minimum atomic E-state index is -0.591. The molecule has 98 valence electrons. The number of hydrogen-bond donors (Lipinski definition) is 1. The zero-order valence-corrected chi connectivity index (χ0v) is 11.1. The summed E-state index contributed by atoms with van der Waals surface area (Å²) in [5.74, 6) is 0.0691. The molecule has 2 fully saturated rings. The van der Waals surface area contributed by atoms with Crippen molar-refractivity contribution in [2.24, 2.45) is 11.8 Å². The summed E-state index contributed by atoms with van der Waals surface area (Å²) in [4.78, 5) is 13.5. The van der Waals surface area contributed by atoms with Crippen molar-refractivity contribution in [3.05, 3.63) is 0 Å². The van der Waals surface area contributed by atoms with Crippen LogP contribution in [-0.4, -0.2) is 34.6 Å². The van der Waals surface area contributed by atoms with Gasteiger partial charge in [0.15, 0.2) is 0 Å². The van der Waals surface area contributed by atoms with Gasteiger partial charge < -0.3 is 5.11 Å². The summed E-state index contributed by atoms with van der Waals surface area (Å²) in [7, 11) is 0. The molecule has 1 aliphatic heterocycles. The van der Waals surface area contributed by atoms with Gasteiger partial charge >= 0.3 is 5.97 Å². The average Bonchev–Trinajstić information content (AvgIpc) is 2.61. The molecule has 2 unspecified atom stereocenters. The van der Waals surface area contributed by atoms with Crippen molar-refractivity contribution in [1.29, 1.82) is 0 Å². The third-order valence-corrected chi connectivity index (χ3v) is 4.80. The molecule has 1 aliphatic carbocycles. The van der Waals surface area contributed by atoms with E-state index in [9.17, 15) is 4.79 Å². The van der Waals surface area contributed by atoms with Crippen molar-refractivity contribution >= 4 is 5.97 Å². The minimum Gasteiger partial charge on any atom is -0.481 e. The predicted octanol–water partition coefficient (Wildman–Crippen LogP) is 2.75. The normalized spacial score (nSPS) is 39.4. The largest absolute Gasteiger partial charge is 0.481 e. The summed E-state index contributed by atoms with van der Waals surface area (Å²) in [6.45, 7) is 5.84. The first-order valence-electron chi connectivity index (χ1n) is 7.06. The van der Waals surface area contributed by atoms with Crippen LogP contribution >= 0.6 is 0 Å². The Morgan fingerprint density at radius 1 is 1.06 bits per heavy atom. The van der Waals surface area contributed by atoms with Gasteiger partial charge in [0, 0.05) is 18.6 Å². The lowest BCUT2D eigenvalue weighted by atomic mass is 9.81. The summed E-state index contributed by atoms with van der Waals surface area (Å²) < 4.78 is 0. The van der Waals surface area contributed by atoms with Gasteiger partial charge in [0.05, 0.1) is 5.92 Å². The summed E-state index contributed by atoms with van der Waals surface area (Å²) in [5, 5.41) is 8.98. The van der Waals surface area contributed by atoms with Crippen molar-refractivity contribution in [1.82, 2.24) is 4.90 Å². The van der Waals surface area contributed by atoms with Crippen LogP contribution in [0.15, 0.2) is 0 Å². The number of rotatable bonds is 3. The molecular formula is C14H25NO2. The van der Waals surface area contributed by atoms with Gasteiger partial charge in [0.25, 0.3) is 0 Å². The Kier molecular flexibility index (Phi) is 4.08. The van der Waals surface area contributed by atoms with Gasteiger partial charge in [0.2, 0.25) is 0 Å². The maximum absolute atomic E-state index is 10.9. The number of carboxylic acids is 1. The monoisotopic (exact) mass is 239 g/mol. The molecule has 2 rings (SSSR count). The van der Waals surface area contributed by atoms with Gasteiger partial charge in [-0.05, 0) is 58.3 Å². The first kappa shape index (κ1) is 12.9. The molecule has 0 amide bonds. The van der Waals surface area contributed by atoms with Gasteiger partial charge in [-0.15, -0.1) is 0 Å². The van der Waals surface area contributed by atoms with Gasteiger partial charge in [-0.25, -0.2) is 0 Å². The van der Waals surface area contributed by atoms with E-state index in [1.807, 2.05) is 0 Å². The standard InChI is InChI=1S/C14H25NO2/c1-10-3-4-11(2)15(10)9-12-5-7-13(8-6-12)14(16)17/h10-13H,3-9H2,1-2H3,(H,16,17). The van der Waals surface area contributed by atoms with Crippen LogP contribution in [0, 0.1) is 11.8 Å². The lowest BCUT2D eigenvalue weighted by Gasteiger charge is -2.33. The highest BCUT2D eigenvalue weighted by molar-refractivity contribution is 5.69. The van der Waals surface area contributed by atoms with Crippen LogP contribution in [-0.2, 0) is 4.79 Å². The maximum atomic E-state index is 10.9. The second-order valence-electron chi connectivity index (χ2n) is 6.03. The van der Waals surface area contributed by atoms with Gasteiger partial charge in [-0.3, -0.25) is 9.69 Å². The van der Waals surface area contributed by atoms with E-state index in [0.29, 0.717) is 0 Å².